The van der Waals surface area contributed by atoms with Gasteiger partial charge in [-0.2, -0.15) is 5.10 Å². The summed E-state index contributed by atoms with van der Waals surface area (Å²) in [5.74, 6) is 0.201. The summed E-state index contributed by atoms with van der Waals surface area (Å²) in [5, 5.41) is 5.83. The van der Waals surface area contributed by atoms with Crippen LogP contribution in [0.5, 0.6) is 11.5 Å². The second-order valence-electron chi connectivity index (χ2n) is 8.87. The topological polar surface area (TPSA) is 77.0 Å². The highest BCUT2D eigenvalue weighted by atomic mass is 16.5. The molecule has 0 spiro atoms. The number of hydrogen-bond donors (Lipinski definition) is 1. The van der Waals surface area contributed by atoms with E-state index in [1.54, 1.807) is 37.3 Å². The van der Waals surface area contributed by atoms with Crippen molar-refractivity contribution in [1.82, 2.24) is 5.43 Å². The maximum Gasteiger partial charge on any atom is 0.344 e. The van der Waals surface area contributed by atoms with Gasteiger partial charge in [0.2, 0.25) is 0 Å². The second-order valence-corrected chi connectivity index (χ2v) is 8.87. The number of fused-ring (bicyclic) bond motifs is 1. The number of amides is 1. The number of esters is 1. The van der Waals surface area contributed by atoms with Crippen molar-refractivity contribution in [2.24, 2.45) is 5.10 Å². The van der Waals surface area contributed by atoms with E-state index in [-0.39, 0.29) is 5.91 Å². The number of carbonyl (C=O) groups is 2. The Morgan fingerprint density at radius 2 is 1.36 bits per heavy atom. The van der Waals surface area contributed by atoms with Crippen molar-refractivity contribution in [2.45, 2.75) is 13.0 Å². The third kappa shape index (κ3) is 6.37. The molecule has 5 aromatic rings. The van der Waals surface area contributed by atoms with Crippen LogP contribution in [0.15, 0.2) is 126 Å². The Morgan fingerprint density at radius 3 is 2.13 bits per heavy atom. The zero-order valence-corrected chi connectivity index (χ0v) is 21.3. The summed E-state index contributed by atoms with van der Waals surface area (Å²) in [6.07, 6.45) is 0.774. The molecule has 0 saturated carbocycles. The first-order valence-corrected chi connectivity index (χ1v) is 12.5. The van der Waals surface area contributed by atoms with Crippen molar-refractivity contribution < 1.29 is 19.1 Å². The molecule has 39 heavy (non-hydrogen) atoms. The van der Waals surface area contributed by atoms with Crippen molar-refractivity contribution >= 4 is 28.9 Å². The Hall–Kier alpha value is -5.23. The van der Waals surface area contributed by atoms with Gasteiger partial charge in [-0.3, -0.25) is 4.79 Å². The molecule has 6 nitrogen and oxygen atoms in total. The Morgan fingerprint density at radius 1 is 0.718 bits per heavy atom. The number of benzene rings is 5. The molecule has 0 aliphatic heterocycles. The maximum absolute atomic E-state index is 12.7. The molecule has 0 unspecified atom stereocenters. The van der Waals surface area contributed by atoms with E-state index in [1.807, 2.05) is 91.0 Å². The molecule has 0 heterocycles. The lowest BCUT2D eigenvalue weighted by atomic mass is 10.0. The standard InChI is InChI=1S/C33H26N2O4/c1-23(38-28-20-16-26(17-21-28)25-8-3-2-4-9-25)32(36)35-34-22-24-14-18-29(19-15-24)39-33(37)31-13-7-11-27-10-5-6-12-30(27)31/h2-23H,1H3,(H,35,36)/b34-22-/t23-/m1/s1. The first kappa shape index (κ1) is 25.4. The Kier molecular flexibility index (Phi) is 7.74. The molecule has 0 saturated heterocycles. The first-order valence-electron chi connectivity index (χ1n) is 12.5. The number of hydrazone groups is 1. The van der Waals surface area contributed by atoms with Crippen LogP contribution in [0.3, 0.4) is 0 Å². The van der Waals surface area contributed by atoms with E-state index < -0.39 is 12.1 Å². The van der Waals surface area contributed by atoms with Gasteiger partial charge in [-0.25, -0.2) is 10.2 Å². The Bertz CT molecular complexity index is 1610. The summed E-state index contributed by atoms with van der Waals surface area (Å²) >= 11 is 0. The highest BCUT2D eigenvalue weighted by molar-refractivity contribution is 6.05. The number of ether oxygens (including phenoxy) is 2. The van der Waals surface area contributed by atoms with Gasteiger partial charge in [0.1, 0.15) is 11.5 Å². The summed E-state index contributed by atoms with van der Waals surface area (Å²) in [5.41, 5.74) is 5.91. The molecule has 5 rings (SSSR count). The summed E-state index contributed by atoms with van der Waals surface area (Å²) in [6, 6.07) is 37.7. The number of nitrogens with one attached hydrogen (secondary N) is 1. The van der Waals surface area contributed by atoms with Crippen LogP contribution in [0.25, 0.3) is 21.9 Å². The minimum atomic E-state index is -0.736. The highest BCUT2D eigenvalue weighted by Crippen LogP contribution is 2.23. The van der Waals surface area contributed by atoms with Gasteiger partial charge in [0, 0.05) is 0 Å². The van der Waals surface area contributed by atoms with Gasteiger partial charge in [0.25, 0.3) is 5.91 Å². The van der Waals surface area contributed by atoms with E-state index in [0.717, 1.165) is 27.5 Å². The van der Waals surface area contributed by atoms with E-state index in [4.69, 9.17) is 9.47 Å². The van der Waals surface area contributed by atoms with E-state index in [9.17, 15) is 9.59 Å². The van der Waals surface area contributed by atoms with Gasteiger partial charge in [0.05, 0.1) is 11.8 Å². The molecule has 1 N–H and O–H groups in total. The van der Waals surface area contributed by atoms with Crippen molar-refractivity contribution in [2.75, 3.05) is 0 Å². The van der Waals surface area contributed by atoms with Gasteiger partial charge in [0.15, 0.2) is 6.10 Å². The molecule has 0 bridgehead atoms. The van der Waals surface area contributed by atoms with Gasteiger partial charge in [-0.1, -0.05) is 78.9 Å². The number of carbonyl (C=O) groups excluding carboxylic acids is 2. The molecule has 0 radical (unpaired) electrons. The smallest absolute Gasteiger partial charge is 0.344 e. The van der Waals surface area contributed by atoms with Crippen LogP contribution in [0.2, 0.25) is 0 Å². The van der Waals surface area contributed by atoms with E-state index in [0.29, 0.717) is 17.1 Å². The highest BCUT2D eigenvalue weighted by Gasteiger charge is 2.14. The van der Waals surface area contributed by atoms with Crippen molar-refractivity contribution in [3.05, 3.63) is 132 Å². The lowest BCUT2D eigenvalue weighted by Crippen LogP contribution is -2.33. The summed E-state index contributed by atoms with van der Waals surface area (Å²) in [6.45, 7) is 1.66. The molecule has 0 aliphatic carbocycles. The summed E-state index contributed by atoms with van der Waals surface area (Å²) in [7, 11) is 0. The molecule has 5 aromatic carbocycles. The second kappa shape index (κ2) is 11.9. The van der Waals surface area contributed by atoms with Crippen molar-refractivity contribution in [3.8, 4) is 22.6 Å². The normalized spacial score (nSPS) is 11.7. The quantitative estimate of drug-likeness (QED) is 0.109. The van der Waals surface area contributed by atoms with E-state index >= 15 is 0 Å². The zero-order chi connectivity index (χ0) is 27.0. The van der Waals surface area contributed by atoms with Gasteiger partial charge in [-0.15, -0.1) is 0 Å². The monoisotopic (exact) mass is 514 g/mol. The fraction of sp³-hybridized carbons (Fsp3) is 0.0606. The predicted octanol–water partition coefficient (Wildman–Crippen LogP) is 6.64. The molecular weight excluding hydrogens is 488 g/mol. The van der Waals surface area contributed by atoms with Gasteiger partial charge in [-0.05, 0) is 76.9 Å². The van der Waals surface area contributed by atoms with Crippen LogP contribution in [-0.4, -0.2) is 24.2 Å². The summed E-state index contributed by atoms with van der Waals surface area (Å²) in [4.78, 5) is 25.2. The minimum absolute atomic E-state index is 0.376. The average Bonchev–Trinajstić information content (AvgIpc) is 2.98. The molecule has 0 fully saturated rings. The average molecular weight is 515 g/mol. The SMILES string of the molecule is C[C@@H](Oc1ccc(-c2ccccc2)cc1)C(=O)N/N=C\c1ccc(OC(=O)c2cccc3ccccc23)cc1. The van der Waals surface area contributed by atoms with E-state index in [1.165, 1.54) is 6.21 Å². The van der Waals surface area contributed by atoms with Crippen molar-refractivity contribution in [3.63, 3.8) is 0 Å². The van der Waals surface area contributed by atoms with E-state index in [2.05, 4.69) is 10.5 Å². The number of nitrogens with zero attached hydrogens (tertiary/aromatic N) is 1. The molecule has 0 aliphatic rings. The van der Waals surface area contributed by atoms with Crippen LogP contribution in [0, 0.1) is 0 Å². The third-order valence-corrected chi connectivity index (χ3v) is 6.13. The van der Waals surface area contributed by atoms with Gasteiger partial charge < -0.3 is 9.47 Å². The number of hydrogen-bond acceptors (Lipinski definition) is 5. The fourth-order valence-electron chi connectivity index (χ4n) is 4.06. The predicted molar refractivity (Wildman–Crippen MR) is 153 cm³/mol. The van der Waals surface area contributed by atoms with Crippen LogP contribution >= 0.6 is 0 Å². The summed E-state index contributed by atoms with van der Waals surface area (Å²) < 4.78 is 11.3. The van der Waals surface area contributed by atoms with Crippen LogP contribution in [-0.2, 0) is 4.79 Å². The first-order chi connectivity index (χ1) is 19.1. The third-order valence-electron chi connectivity index (χ3n) is 6.13. The fourth-order valence-corrected chi connectivity index (χ4v) is 4.06. The van der Waals surface area contributed by atoms with Crippen LogP contribution < -0.4 is 14.9 Å². The molecule has 1 amide bonds. The van der Waals surface area contributed by atoms with Gasteiger partial charge >= 0.3 is 5.97 Å². The maximum atomic E-state index is 12.7. The molecule has 0 aromatic heterocycles. The lowest BCUT2D eigenvalue weighted by molar-refractivity contribution is -0.127. The Labute approximate surface area is 226 Å². The minimum Gasteiger partial charge on any atom is -0.481 e. The molecular formula is C33H26N2O4. The van der Waals surface area contributed by atoms with Crippen molar-refractivity contribution in [1.29, 1.82) is 0 Å². The molecule has 192 valence electrons. The number of rotatable bonds is 8. The van der Waals surface area contributed by atoms with Crippen LogP contribution in [0.1, 0.15) is 22.8 Å². The Balaban J connectivity index is 1.12. The zero-order valence-electron chi connectivity index (χ0n) is 21.3. The molecule has 1 atom stereocenters. The lowest BCUT2D eigenvalue weighted by Gasteiger charge is -2.13. The van der Waals surface area contributed by atoms with Crippen LogP contribution in [0.4, 0.5) is 0 Å². The largest absolute Gasteiger partial charge is 0.481 e. The molecule has 6 heteroatoms.